The molecular formula is C16H27NO. The van der Waals surface area contributed by atoms with Crippen LogP contribution in [0.1, 0.15) is 43.0 Å². The van der Waals surface area contributed by atoms with E-state index in [1.165, 1.54) is 16.7 Å². The molecule has 1 N–H and O–H groups in total. The number of ether oxygens (including phenoxy) is 1. The summed E-state index contributed by atoms with van der Waals surface area (Å²) in [5.41, 5.74) is 4.21. The Morgan fingerprint density at radius 3 is 2.61 bits per heavy atom. The van der Waals surface area contributed by atoms with Gasteiger partial charge in [0.2, 0.25) is 0 Å². The zero-order chi connectivity index (χ0) is 13.5. The molecule has 2 heteroatoms. The Bertz CT molecular complexity index is 362. The van der Waals surface area contributed by atoms with Crippen LogP contribution in [0.25, 0.3) is 0 Å². The van der Waals surface area contributed by atoms with Crippen LogP contribution in [0.15, 0.2) is 18.2 Å². The van der Waals surface area contributed by atoms with Crippen LogP contribution < -0.4 is 5.32 Å². The third-order valence-electron chi connectivity index (χ3n) is 3.56. The molecule has 0 bridgehead atoms. The second kappa shape index (κ2) is 7.55. The lowest BCUT2D eigenvalue weighted by Crippen LogP contribution is -2.25. The first kappa shape index (κ1) is 15.2. The van der Waals surface area contributed by atoms with E-state index in [1.54, 1.807) is 7.11 Å². The summed E-state index contributed by atoms with van der Waals surface area (Å²) in [5, 5.41) is 3.60. The highest BCUT2D eigenvalue weighted by atomic mass is 16.5. The molecule has 0 aliphatic rings. The second-order valence-corrected chi connectivity index (χ2v) is 5.20. The molecule has 0 amide bonds. The van der Waals surface area contributed by atoms with E-state index in [0.29, 0.717) is 12.0 Å². The lowest BCUT2D eigenvalue weighted by Gasteiger charge is -2.24. The normalized spacial score (nSPS) is 14.5. The van der Waals surface area contributed by atoms with E-state index in [1.807, 2.05) is 0 Å². The summed E-state index contributed by atoms with van der Waals surface area (Å²) < 4.78 is 5.24. The van der Waals surface area contributed by atoms with Gasteiger partial charge in [-0.15, -0.1) is 0 Å². The van der Waals surface area contributed by atoms with Crippen molar-refractivity contribution >= 4 is 0 Å². The van der Waals surface area contributed by atoms with Crippen LogP contribution in [0.5, 0.6) is 0 Å². The number of hydrogen-bond donors (Lipinski definition) is 1. The number of nitrogens with one attached hydrogen (secondary N) is 1. The fourth-order valence-corrected chi connectivity index (χ4v) is 2.47. The van der Waals surface area contributed by atoms with Crippen LogP contribution in [0.2, 0.25) is 0 Å². The SMILES string of the molecule is CCNC(CC(C)COC)c1cccc(C)c1C. The largest absolute Gasteiger partial charge is 0.384 e. The first-order chi connectivity index (χ1) is 8.60. The van der Waals surface area contributed by atoms with Crippen LogP contribution in [-0.4, -0.2) is 20.3 Å². The van der Waals surface area contributed by atoms with Gasteiger partial charge in [0, 0.05) is 19.8 Å². The van der Waals surface area contributed by atoms with E-state index < -0.39 is 0 Å². The fraction of sp³-hybridized carbons (Fsp3) is 0.625. The Balaban J connectivity index is 2.86. The summed E-state index contributed by atoms with van der Waals surface area (Å²) in [5.74, 6) is 0.568. The van der Waals surface area contributed by atoms with Crippen LogP contribution in [0, 0.1) is 19.8 Å². The molecule has 1 aromatic carbocycles. The minimum atomic E-state index is 0.431. The molecular weight excluding hydrogens is 222 g/mol. The van der Waals surface area contributed by atoms with Gasteiger partial charge in [-0.2, -0.15) is 0 Å². The first-order valence-corrected chi connectivity index (χ1v) is 6.88. The third kappa shape index (κ3) is 4.11. The molecule has 0 heterocycles. The lowest BCUT2D eigenvalue weighted by atomic mass is 9.91. The topological polar surface area (TPSA) is 21.3 Å². The molecule has 0 saturated carbocycles. The number of methoxy groups -OCH3 is 1. The molecule has 0 aliphatic carbocycles. The van der Waals surface area contributed by atoms with Gasteiger partial charge >= 0.3 is 0 Å². The highest BCUT2D eigenvalue weighted by Crippen LogP contribution is 2.26. The highest BCUT2D eigenvalue weighted by Gasteiger charge is 2.16. The zero-order valence-corrected chi connectivity index (χ0v) is 12.4. The van der Waals surface area contributed by atoms with Gasteiger partial charge in [0.1, 0.15) is 0 Å². The van der Waals surface area contributed by atoms with Gasteiger partial charge < -0.3 is 10.1 Å². The standard InChI is InChI=1S/C16H27NO/c1-6-17-16(10-12(2)11-18-5)15-9-7-8-13(3)14(15)4/h7-9,12,16-17H,6,10-11H2,1-5H3. The summed E-state index contributed by atoms with van der Waals surface area (Å²) in [4.78, 5) is 0. The summed E-state index contributed by atoms with van der Waals surface area (Å²) in [7, 11) is 1.77. The smallest absolute Gasteiger partial charge is 0.0488 e. The quantitative estimate of drug-likeness (QED) is 0.797. The van der Waals surface area contributed by atoms with Crippen molar-refractivity contribution in [3.05, 3.63) is 34.9 Å². The maximum atomic E-state index is 5.24. The van der Waals surface area contributed by atoms with E-state index in [9.17, 15) is 0 Å². The molecule has 2 nitrogen and oxygen atoms in total. The monoisotopic (exact) mass is 249 g/mol. The summed E-state index contributed by atoms with van der Waals surface area (Å²) in [6, 6.07) is 7.01. The van der Waals surface area contributed by atoms with Crippen LogP contribution in [-0.2, 0) is 4.74 Å². The minimum Gasteiger partial charge on any atom is -0.384 e. The van der Waals surface area contributed by atoms with Crippen molar-refractivity contribution in [3.8, 4) is 0 Å². The summed E-state index contributed by atoms with van der Waals surface area (Å²) in [6.07, 6.45) is 1.12. The molecule has 2 atom stereocenters. The number of hydrogen-bond acceptors (Lipinski definition) is 2. The van der Waals surface area contributed by atoms with Crippen molar-refractivity contribution in [2.45, 2.75) is 40.2 Å². The van der Waals surface area contributed by atoms with Gasteiger partial charge in [-0.1, -0.05) is 32.0 Å². The highest BCUT2D eigenvalue weighted by molar-refractivity contribution is 5.35. The molecule has 0 fully saturated rings. The average Bonchev–Trinajstić information content (AvgIpc) is 2.32. The van der Waals surface area contributed by atoms with E-state index in [0.717, 1.165) is 19.6 Å². The Labute approximate surface area is 112 Å². The molecule has 0 aromatic heterocycles. The Kier molecular flexibility index (Phi) is 6.37. The Morgan fingerprint density at radius 1 is 1.28 bits per heavy atom. The third-order valence-corrected chi connectivity index (χ3v) is 3.56. The van der Waals surface area contributed by atoms with Crippen molar-refractivity contribution in [2.24, 2.45) is 5.92 Å². The van der Waals surface area contributed by atoms with Crippen molar-refractivity contribution in [2.75, 3.05) is 20.3 Å². The van der Waals surface area contributed by atoms with E-state index in [-0.39, 0.29) is 0 Å². The molecule has 2 unspecified atom stereocenters. The van der Waals surface area contributed by atoms with Gasteiger partial charge in [-0.05, 0) is 49.4 Å². The summed E-state index contributed by atoms with van der Waals surface area (Å²) >= 11 is 0. The van der Waals surface area contributed by atoms with Gasteiger partial charge in [0.05, 0.1) is 0 Å². The number of aryl methyl sites for hydroxylation is 1. The van der Waals surface area contributed by atoms with E-state index in [2.05, 4.69) is 51.2 Å². The van der Waals surface area contributed by atoms with Crippen LogP contribution in [0.3, 0.4) is 0 Å². The first-order valence-electron chi connectivity index (χ1n) is 6.88. The van der Waals surface area contributed by atoms with Crippen LogP contribution >= 0.6 is 0 Å². The van der Waals surface area contributed by atoms with Crippen molar-refractivity contribution in [1.29, 1.82) is 0 Å². The Morgan fingerprint density at radius 2 is 2.00 bits per heavy atom. The number of rotatable bonds is 7. The van der Waals surface area contributed by atoms with Gasteiger partial charge in [-0.3, -0.25) is 0 Å². The van der Waals surface area contributed by atoms with Crippen molar-refractivity contribution in [3.63, 3.8) is 0 Å². The predicted molar refractivity (Wildman–Crippen MR) is 78.0 cm³/mol. The predicted octanol–water partition coefficient (Wildman–Crippen LogP) is 3.63. The van der Waals surface area contributed by atoms with E-state index in [4.69, 9.17) is 4.74 Å². The van der Waals surface area contributed by atoms with Crippen molar-refractivity contribution in [1.82, 2.24) is 5.32 Å². The molecule has 1 rings (SSSR count). The zero-order valence-electron chi connectivity index (χ0n) is 12.4. The molecule has 1 aromatic rings. The summed E-state index contributed by atoms with van der Waals surface area (Å²) in [6.45, 7) is 10.6. The molecule has 0 aliphatic heterocycles. The fourth-order valence-electron chi connectivity index (χ4n) is 2.47. The van der Waals surface area contributed by atoms with Crippen molar-refractivity contribution < 1.29 is 4.74 Å². The molecule has 18 heavy (non-hydrogen) atoms. The van der Waals surface area contributed by atoms with Gasteiger partial charge in [0.25, 0.3) is 0 Å². The molecule has 0 radical (unpaired) electrons. The van der Waals surface area contributed by atoms with Crippen LogP contribution in [0.4, 0.5) is 0 Å². The van der Waals surface area contributed by atoms with Gasteiger partial charge in [0.15, 0.2) is 0 Å². The minimum absolute atomic E-state index is 0.431. The number of benzene rings is 1. The average molecular weight is 249 g/mol. The molecule has 102 valence electrons. The second-order valence-electron chi connectivity index (χ2n) is 5.20. The van der Waals surface area contributed by atoms with E-state index >= 15 is 0 Å². The molecule has 0 saturated heterocycles. The molecule has 0 spiro atoms. The Hall–Kier alpha value is -0.860. The lowest BCUT2D eigenvalue weighted by molar-refractivity contribution is 0.149. The maximum absolute atomic E-state index is 5.24. The maximum Gasteiger partial charge on any atom is 0.0488 e. The van der Waals surface area contributed by atoms with Gasteiger partial charge in [-0.25, -0.2) is 0 Å².